The number of aryl methyl sites for hydroxylation is 1. The molecule has 0 amide bonds. The van der Waals surface area contributed by atoms with Gasteiger partial charge in [0.05, 0.1) is 6.54 Å². The number of thiol groups is 1. The molecule has 0 bridgehead atoms. The van der Waals surface area contributed by atoms with E-state index in [-0.39, 0.29) is 35.2 Å². The van der Waals surface area contributed by atoms with E-state index in [1.54, 1.807) is 12.5 Å². The van der Waals surface area contributed by atoms with Gasteiger partial charge >= 0.3 is 0 Å². The first kappa shape index (κ1) is 25.7. The zero-order valence-corrected chi connectivity index (χ0v) is 22.7. The molecule has 0 saturated carbocycles. The first-order valence-electron chi connectivity index (χ1n) is 12.2. The minimum atomic E-state index is -2.71. The molecule has 0 radical (unpaired) electrons. The summed E-state index contributed by atoms with van der Waals surface area (Å²) in [6.07, 6.45) is 7.04. The molecule has 1 aliphatic heterocycles. The SMILES string of the molecule is C=CCn1c(=O)c2cnc(Nc3cc(C)c4c(c3)CN(C)CC4)nc2n1-c1nc(N[SH](C)(C)=O)ccc1F. The van der Waals surface area contributed by atoms with Gasteiger partial charge in [0.1, 0.15) is 11.2 Å². The van der Waals surface area contributed by atoms with Crippen molar-refractivity contribution in [2.24, 2.45) is 0 Å². The molecule has 1 aliphatic rings. The van der Waals surface area contributed by atoms with Crippen molar-refractivity contribution >= 4 is 38.6 Å². The zero-order valence-electron chi connectivity index (χ0n) is 21.8. The van der Waals surface area contributed by atoms with Crippen LogP contribution >= 0.6 is 0 Å². The molecule has 0 atom stereocenters. The van der Waals surface area contributed by atoms with Gasteiger partial charge in [-0.25, -0.2) is 23.7 Å². The van der Waals surface area contributed by atoms with Gasteiger partial charge in [-0.05, 0) is 71.5 Å². The van der Waals surface area contributed by atoms with Gasteiger partial charge in [0.15, 0.2) is 17.3 Å². The van der Waals surface area contributed by atoms with Crippen molar-refractivity contribution in [1.82, 2.24) is 29.2 Å². The third-order valence-corrected chi connectivity index (χ3v) is 7.16. The summed E-state index contributed by atoms with van der Waals surface area (Å²) in [6.45, 7) is 7.78. The van der Waals surface area contributed by atoms with Crippen molar-refractivity contribution in [2.75, 3.05) is 36.1 Å². The maximum atomic E-state index is 15.1. The van der Waals surface area contributed by atoms with Crippen molar-refractivity contribution in [2.45, 2.75) is 26.4 Å². The zero-order chi connectivity index (χ0) is 27.2. The lowest BCUT2D eigenvalue weighted by Crippen LogP contribution is -2.27. The molecular formula is C26H31FN8O2S. The highest BCUT2D eigenvalue weighted by Crippen LogP contribution is 2.27. The van der Waals surface area contributed by atoms with Crippen LogP contribution in [0.2, 0.25) is 0 Å². The number of fused-ring (bicyclic) bond motifs is 2. The van der Waals surface area contributed by atoms with Gasteiger partial charge in [-0.15, -0.1) is 6.58 Å². The Morgan fingerprint density at radius 1 is 1.24 bits per heavy atom. The van der Waals surface area contributed by atoms with Crippen LogP contribution in [0.3, 0.4) is 0 Å². The van der Waals surface area contributed by atoms with Crippen molar-refractivity contribution in [3.05, 3.63) is 76.0 Å². The fourth-order valence-corrected chi connectivity index (χ4v) is 5.45. The average Bonchev–Trinajstić information content (AvgIpc) is 3.10. The number of nitrogens with zero attached hydrogens (tertiary/aromatic N) is 6. The molecule has 0 saturated heterocycles. The Labute approximate surface area is 220 Å². The summed E-state index contributed by atoms with van der Waals surface area (Å²) in [5.41, 5.74) is 4.40. The van der Waals surface area contributed by atoms with Crippen LogP contribution in [0.15, 0.2) is 47.9 Å². The molecule has 4 heterocycles. The third-order valence-electron chi connectivity index (χ3n) is 6.39. The number of pyridine rings is 1. The number of nitrogens with one attached hydrogen (secondary N) is 2. The maximum Gasteiger partial charge on any atom is 0.278 e. The number of hydrogen-bond acceptors (Lipinski definition) is 7. The summed E-state index contributed by atoms with van der Waals surface area (Å²) >= 11 is 0. The van der Waals surface area contributed by atoms with E-state index < -0.39 is 21.5 Å². The van der Waals surface area contributed by atoms with Crippen molar-refractivity contribution in [3.63, 3.8) is 0 Å². The predicted octanol–water partition coefficient (Wildman–Crippen LogP) is 2.95. The molecule has 200 valence electrons. The highest BCUT2D eigenvalue weighted by Gasteiger charge is 2.22. The number of halogens is 1. The second kappa shape index (κ2) is 9.76. The van der Waals surface area contributed by atoms with Gasteiger partial charge in [-0.1, -0.05) is 6.08 Å². The topological polar surface area (TPSA) is 110 Å². The highest BCUT2D eigenvalue weighted by molar-refractivity contribution is 8.02. The van der Waals surface area contributed by atoms with E-state index in [0.717, 1.165) is 25.2 Å². The van der Waals surface area contributed by atoms with E-state index in [1.807, 2.05) is 0 Å². The van der Waals surface area contributed by atoms with E-state index in [4.69, 9.17) is 0 Å². The standard InChI is InChI=1S/C26H31FN8O2S/c1-6-10-34-25(36)20-14-28-26(29-18-12-16(2)19-9-11-33(3)15-17(19)13-18)31-23(20)35(34)24-21(27)7-8-22(30-24)32-38(4,5)37/h6-8,12-14,38H,1,9-11,15H2,2-5H3,(H,28,29,31)(H,30,32,37). The van der Waals surface area contributed by atoms with E-state index in [2.05, 4.69) is 62.6 Å². The quantitative estimate of drug-likeness (QED) is 0.245. The Kier molecular flexibility index (Phi) is 6.61. The molecule has 0 fully saturated rings. The van der Waals surface area contributed by atoms with E-state index in [0.29, 0.717) is 0 Å². The molecule has 0 spiro atoms. The van der Waals surface area contributed by atoms with Gasteiger partial charge in [0.2, 0.25) is 5.95 Å². The Morgan fingerprint density at radius 3 is 2.76 bits per heavy atom. The second-order valence-electron chi connectivity index (χ2n) is 9.93. The lowest BCUT2D eigenvalue weighted by molar-refractivity contribution is 0.312. The van der Waals surface area contributed by atoms with Gasteiger partial charge < -0.3 is 14.9 Å². The molecule has 5 rings (SSSR count). The molecule has 0 aliphatic carbocycles. The fourth-order valence-electron chi connectivity index (χ4n) is 4.77. The van der Waals surface area contributed by atoms with Crippen LogP contribution in [0.4, 0.5) is 21.8 Å². The Hall–Kier alpha value is -3.90. The van der Waals surface area contributed by atoms with Gasteiger partial charge in [-0.3, -0.25) is 9.00 Å². The van der Waals surface area contributed by atoms with Crippen molar-refractivity contribution < 1.29 is 8.60 Å². The maximum absolute atomic E-state index is 15.1. The van der Waals surface area contributed by atoms with Crippen molar-refractivity contribution in [1.29, 1.82) is 0 Å². The van der Waals surface area contributed by atoms with Gasteiger partial charge in [-0.2, -0.15) is 4.98 Å². The van der Waals surface area contributed by atoms with E-state index >= 15 is 4.39 Å². The monoisotopic (exact) mass is 538 g/mol. The normalized spacial score (nSPS) is 14.3. The average molecular weight is 539 g/mol. The highest BCUT2D eigenvalue weighted by atomic mass is 32.3. The largest absolute Gasteiger partial charge is 0.324 e. The lowest BCUT2D eigenvalue weighted by Gasteiger charge is -2.27. The molecule has 10 nitrogen and oxygen atoms in total. The number of aromatic nitrogens is 5. The minimum Gasteiger partial charge on any atom is -0.324 e. The van der Waals surface area contributed by atoms with Gasteiger partial charge in [0, 0.05) is 37.5 Å². The fraction of sp³-hybridized carbons (Fsp3) is 0.308. The molecule has 38 heavy (non-hydrogen) atoms. The first-order chi connectivity index (χ1) is 18.0. The minimum absolute atomic E-state index is 0.0916. The Morgan fingerprint density at radius 2 is 2.03 bits per heavy atom. The molecule has 0 unspecified atom stereocenters. The summed E-state index contributed by atoms with van der Waals surface area (Å²) < 4.78 is 32.9. The summed E-state index contributed by atoms with van der Waals surface area (Å²) in [5, 5.41) is 3.45. The third kappa shape index (κ3) is 4.96. The number of likely N-dealkylation sites (N-methyl/N-ethyl adjacent to an activating group) is 1. The predicted molar refractivity (Wildman–Crippen MR) is 151 cm³/mol. The summed E-state index contributed by atoms with van der Waals surface area (Å²) in [4.78, 5) is 28.8. The van der Waals surface area contributed by atoms with E-state index in [1.165, 1.54) is 50.5 Å². The molecule has 2 N–H and O–H groups in total. The smallest absolute Gasteiger partial charge is 0.278 e. The number of rotatable bonds is 7. The van der Waals surface area contributed by atoms with E-state index in [9.17, 15) is 9.00 Å². The van der Waals surface area contributed by atoms with Crippen LogP contribution in [-0.4, -0.2) is 59.5 Å². The van der Waals surface area contributed by atoms with Crippen LogP contribution in [-0.2, 0) is 29.6 Å². The second-order valence-corrected chi connectivity index (χ2v) is 12.9. The van der Waals surface area contributed by atoms with Crippen LogP contribution in [0.1, 0.15) is 16.7 Å². The van der Waals surface area contributed by atoms with Crippen molar-refractivity contribution in [3.8, 4) is 5.82 Å². The van der Waals surface area contributed by atoms with Crippen LogP contribution in [0.5, 0.6) is 0 Å². The van der Waals surface area contributed by atoms with Gasteiger partial charge in [0.25, 0.3) is 5.56 Å². The molecule has 12 heteroatoms. The number of hydrogen-bond donors (Lipinski definition) is 3. The Balaban J connectivity index is 1.63. The molecule has 4 aromatic rings. The van der Waals surface area contributed by atoms with Crippen LogP contribution in [0, 0.1) is 12.7 Å². The lowest BCUT2D eigenvalue weighted by atomic mass is 9.94. The first-order valence-corrected chi connectivity index (χ1v) is 14.8. The number of anilines is 3. The number of benzene rings is 1. The van der Waals surface area contributed by atoms with Crippen LogP contribution < -0.4 is 15.6 Å². The molecule has 3 aromatic heterocycles. The summed E-state index contributed by atoms with van der Waals surface area (Å²) in [5.74, 6) is -0.354. The Bertz CT molecular complexity index is 1670. The molecule has 1 aromatic carbocycles. The van der Waals surface area contributed by atoms with Crippen LogP contribution in [0.25, 0.3) is 16.9 Å². The molecular weight excluding hydrogens is 507 g/mol. The number of allylic oxidation sites excluding steroid dienone is 1. The summed E-state index contributed by atoms with van der Waals surface area (Å²) in [7, 11) is -0.615. The summed E-state index contributed by atoms with van der Waals surface area (Å²) in [6, 6.07) is 6.75.